The first-order valence-corrected chi connectivity index (χ1v) is 7.47. The molecule has 3 rings (SSSR count). The number of nitrogens with two attached hydrogens (primary N) is 2. The number of hydrogen-bond donors (Lipinski definition) is 2. The van der Waals surface area contributed by atoms with E-state index in [1.54, 1.807) is 0 Å². The third kappa shape index (κ3) is 2.56. The zero-order valence-electron chi connectivity index (χ0n) is 11.8. The van der Waals surface area contributed by atoms with Crippen molar-refractivity contribution in [1.82, 2.24) is 14.5 Å². The van der Waals surface area contributed by atoms with E-state index in [1.165, 1.54) is 17.7 Å². The van der Waals surface area contributed by atoms with Gasteiger partial charge in [0.1, 0.15) is 6.10 Å². The Bertz CT molecular complexity index is 772. The molecule has 0 radical (unpaired) electrons. The topological polar surface area (TPSA) is 135 Å². The van der Waals surface area contributed by atoms with Gasteiger partial charge in [-0.05, 0) is 0 Å². The van der Waals surface area contributed by atoms with E-state index in [9.17, 15) is 9.59 Å². The minimum atomic E-state index is -0.770. The minimum Gasteiger partial charge on any atom is -0.458 e. The second-order valence-electron chi connectivity index (χ2n) is 4.92. The van der Waals surface area contributed by atoms with Crippen molar-refractivity contribution in [3.63, 3.8) is 0 Å². The van der Waals surface area contributed by atoms with Crippen LogP contribution in [0.5, 0.6) is 0 Å². The van der Waals surface area contributed by atoms with Crippen LogP contribution in [0.2, 0.25) is 0 Å². The van der Waals surface area contributed by atoms with Gasteiger partial charge in [-0.3, -0.25) is 14.2 Å². The molecule has 0 bridgehead atoms. The standard InChI is InChI=1S/C12H15N5O4S/c1-5(18)20-7-2-6(3-13)21-10(7)17-9-8(22-12(17)19)4-15-11(14)16-9/h4,6-7,10H,2-3,13H2,1H3,(H2,14,15,16)/t6?,7-,10?/m1/s1. The Morgan fingerprint density at radius 3 is 3.09 bits per heavy atom. The molecular formula is C12H15N5O4S. The van der Waals surface area contributed by atoms with Gasteiger partial charge >= 0.3 is 10.8 Å². The van der Waals surface area contributed by atoms with Crippen molar-refractivity contribution < 1.29 is 14.3 Å². The number of thiazole rings is 1. The molecule has 0 aromatic carbocycles. The first kappa shape index (κ1) is 14.9. The van der Waals surface area contributed by atoms with Crippen LogP contribution in [0.1, 0.15) is 19.6 Å². The lowest BCUT2D eigenvalue weighted by Crippen LogP contribution is -2.30. The fourth-order valence-corrected chi connectivity index (χ4v) is 3.31. The van der Waals surface area contributed by atoms with Gasteiger partial charge in [0, 0.05) is 19.9 Å². The highest BCUT2D eigenvalue weighted by Gasteiger charge is 2.40. The Labute approximate surface area is 128 Å². The van der Waals surface area contributed by atoms with Crippen LogP contribution in [0.4, 0.5) is 5.95 Å². The maximum atomic E-state index is 12.3. The summed E-state index contributed by atoms with van der Waals surface area (Å²) in [5, 5.41) is 0. The van der Waals surface area contributed by atoms with Crippen LogP contribution in [0, 0.1) is 0 Å². The Morgan fingerprint density at radius 2 is 2.41 bits per heavy atom. The van der Waals surface area contributed by atoms with Crippen LogP contribution in [0.15, 0.2) is 11.0 Å². The van der Waals surface area contributed by atoms with E-state index in [-0.39, 0.29) is 23.5 Å². The molecule has 1 fully saturated rings. The van der Waals surface area contributed by atoms with Crippen molar-refractivity contribution in [2.45, 2.75) is 31.8 Å². The van der Waals surface area contributed by atoms with Crippen molar-refractivity contribution >= 4 is 33.6 Å². The number of nitrogen functional groups attached to an aromatic ring is 1. The highest BCUT2D eigenvalue weighted by molar-refractivity contribution is 7.16. The van der Waals surface area contributed by atoms with Gasteiger partial charge in [-0.1, -0.05) is 11.3 Å². The van der Waals surface area contributed by atoms with Gasteiger partial charge in [-0.25, -0.2) is 4.98 Å². The predicted octanol–water partition coefficient (Wildman–Crippen LogP) is -0.387. The lowest BCUT2D eigenvalue weighted by molar-refractivity contribution is -0.152. The molecule has 0 saturated carbocycles. The van der Waals surface area contributed by atoms with Gasteiger partial charge in [0.05, 0.1) is 17.0 Å². The highest BCUT2D eigenvalue weighted by atomic mass is 32.1. The van der Waals surface area contributed by atoms with Crippen LogP contribution < -0.4 is 16.3 Å². The zero-order chi connectivity index (χ0) is 15.9. The molecule has 118 valence electrons. The molecule has 1 aliphatic rings. The molecule has 1 saturated heterocycles. The third-order valence-electron chi connectivity index (χ3n) is 3.36. The number of ether oxygens (including phenoxy) is 2. The summed E-state index contributed by atoms with van der Waals surface area (Å²) < 4.78 is 13.0. The van der Waals surface area contributed by atoms with Crippen LogP contribution in [0.25, 0.3) is 10.3 Å². The lowest BCUT2D eigenvalue weighted by Gasteiger charge is -2.19. The monoisotopic (exact) mass is 325 g/mol. The summed E-state index contributed by atoms with van der Waals surface area (Å²) in [6.07, 6.45) is 0.239. The zero-order valence-corrected chi connectivity index (χ0v) is 12.6. The number of esters is 1. The molecule has 10 heteroatoms. The second kappa shape index (κ2) is 5.63. The second-order valence-corrected chi connectivity index (χ2v) is 5.92. The maximum Gasteiger partial charge on any atom is 0.311 e. The Morgan fingerprint density at radius 1 is 1.64 bits per heavy atom. The Hall–Kier alpha value is -2.04. The van der Waals surface area contributed by atoms with E-state index in [1.807, 2.05) is 0 Å². The highest BCUT2D eigenvalue weighted by Crippen LogP contribution is 2.32. The summed E-state index contributed by atoms with van der Waals surface area (Å²) in [5.41, 5.74) is 11.6. The number of anilines is 1. The molecule has 3 heterocycles. The largest absolute Gasteiger partial charge is 0.458 e. The molecule has 3 atom stereocenters. The first-order valence-electron chi connectivity index (χ1n) is 6.66. The summed E-state index contributed by atoms with van der Waals surface area (Å²) in [4.78, 5) is 31.2. The number of fused-ring (bicyclic) bond motifs is 1. The lowest BCUT2D eigenvalue weighted by atomic mass is 10.2. The van der Waals surface area contributed by atoms with Gasteiger partial charge in [0.25, 0.3) is 0 Å². The van der Waals surface area contributed by atoms with E-state index in [0.29, 0.717) is 16.8 Å². The van der Waals surface area contributed by atoms with Gasteiger partial charge in [-0.15, -0.1) is 0 Å². The molecule has 1 aliphatic heterocycles. The molecule has 0 spiro atoms. The number of rotatable bonds is 3. The van der Waals surface area contributed by atoms with Crippen molar-refractivity contribution in [3.05, 3.63) is 15.9 Å². The van der Waals surface area contributed by atoms with Gasteiger partial charge < -0.3 is 20.9 Å². The number of nitrogens with zero attached hydrogens (tertiary/aromatic N) is 3. The molecule has 0 amide bonds. The first-order chi connectivity index (χ1) is 10.5. The average molecular weight is 325 g/mol. The molecule has 22 heavy (non-hydrogen) atoms. The molecule has 2 aromatic heterocycles. The number of hydrogen-bond acceptors (Lipinski definition) is 9. The minimum absolute atomic E-state index is 0.0523. The van der Waals surface area contributed by atoms with E-state index >= 15 is 0 Å². The van der Waals surface area contributed by atoms with E-state index < -0.39 is 18.3 Å². The summed E-state index contributed by atoms with van der Waals surface area (Å²) >= 11 is 0.979. The number of carbonyl (C=O) groups excluding carboxylic acids is 1. The van der Waals surface area contributed by atoms with E-state index in [4.69, 9.17) is 20.9 Å². The third-order valence-corrected chi connectivity index (χ3v) is 4.24. The van der Waals surface area contributed by atoms with Crippen molar-refractivity contribution in [2.75, 3.05) is 12.3 Å². The number of carbonyl (C=O) groups is 1. The smallest absolute Gasteiger partial charge is 0.311 e. The van der Waals surface area contributed by atoms with Crippen molar-refractivity contribution in [1.29, 1.82) is 0 Å². The molecule has 2 aromatic rings. The molecule has 9 nitrogen and oxygen atoms in total. The molecule has 4 N–H and O–H groups in total. The molecular weight excluding hydrogens is 310 g/mol. The maximum absolute atomic E-state index is 12.3. The van der Waals surface area contributed by atoms with Crippen LogP contribution in [-0.2, 0) is 14.3 Å². The summed E-state index contributed by atoms with van der Waals surface area (Å²) in [5.74, 6) is -0.394. The molecule has 0 aliphatic carbocycles. The fraction of sp³-hybridized carbons (Fsp3) is 0.500. The van der Waals surface area contributed by atoms with Crippen LogP contribution in [-0.4, -0.2) is 39.3 Å². The van der Waals surface area contributed by atoms with E-state index in [2.05, 4.69) is 9.97 Å². The van der Waals surface area contributed by atoms with Crippen LogP contribution >= 0.6 is 11.3 Å². The normalized spacial score (nSPS) is 24.7. The predicted molar refractivity (Wildman–Crippen MR) is 79.2 cm³/mol. The van der Waals surface area contributed by atoms with Crippen LogP contribution in [0.3, 0.4) is 0 Å². The van der Waals surface area contributed by atoms with Gasteiger partial charge in [-0.2, -0.15) is 4.98 Å². The fourth-order valence-electron chi connectivity index (χ4n) is 2.49. The van der Waals surface area contributed by atoms with Crippen molar-refractivity contribution in [2.24, 2.45) is 5.73 Å². The molecule has 2 unspecified atom stereocenters. The Kier molecular flexibility index (Phi) is 3.81. The quantitative estimate of drug-likeness (QED) is 0.728. The van der Waals surface area contributed by atoms with E-state index in [0.717, 1.165) is 11.3 Å². The SMILES string of the molecule is CC(=O)O[C@@H]1CC(CN)OC1n1c(=O)sc2cnc(N)nc21. The number of aromatic nitrogens is 3. The summed E-state index contributed by atoms with van der Waals surface area (Å²) in [6.45, 7) is 1.57. The Balaban J connectivity index is 2.08. The van der Waals surface area contributed by atoms with Crippen molar-refractivity contribution in [3.8, 4) is 0 Å². The summed E-state index contributed by atoms with van der Waals surface area (Å²) in [6, 6.07) is 0. The van der Waals surface area contributed by atoms with Gasteiger partial charge in [0.2, 0.25) is 5.95 Å². The summed E-state index contributed by atoms with van der Waals surface area (Å²) in [7, 11) is 0. The average Bonchev–Trinajstić information content (AvgIpc) is 2.98. The van der Waals surface area contributed by atoms with Gasteiger partial charge in [0.15, 0.2) is 11.9 Å².